The minimum atomic E-state index is -0.111. The zero-order valence-corrected chi connectivity index (χ0v) is 21.4. The maximum Gasteiger partial charge on any atom is 0.141 e. The van der Waals surface area contributed by atoms with Gasteiger partial charge in [-0.05, 0) is 56.0 Å². The number of nitrogens with zero attached hydrogens (tertiary/aromatic N) is 5. The SMILES string of the molecule is Cc1noc(C)c1-c1ccc2c(-c3cnc(C4CC4)nc3)cn(C(c3ccccc3)c3ccccn3)c2c1. The summed E-state index contributed by atoms with van der Waals surface area (Å²) in [6.45, 7) is 3.95. The third-order valence-electron chi connectivity index (χ3n) is 7.44. The van der Waals surface area contributed by atoms with Gasteiger partial charge in [-0.25, -0.2) is 9.97 Å². The molecule has 2 aromatic carbocycles. The molecule has 38 heavy (non-hydrogen) atoms. The van der Waals surface area contributed by atoms with Crippen LogP contribution in [0.3, 0.4) is 0 Å². The Morgan fingerprint density at radius 1 is 0.868 bits per heavy atom. The number of hydrogen-bond acceptors (Lipinski definition) is 5. The van der Waals surface area contributed by atoms with Crippen molar-refractivity contribution in [1.29, 1.82) is 0 Å². The average Bonchev–Trinajstić information content (AvgIpc) is 3.68. The quantitative estimate of drug-likeness (QED) is 0.242. The summed E-state index contributed by atoms with van der Waals surface area (Å²) in [6.07, 6.45) is 10.4. The Morgan fingerprint density at radius 3 is 2.34 bits per heavy atom. The van der Waals surface area contributed by atoms with E-state index in [1.807, 2.05) is 50.6 Å². The van der Waals surface area contributed by atoms with Gasteiger partial charge < -0.3 is 9.09 Å². The van der Waals surface area contributed by atoms with Crippen molar-refractivity contribution in [1.82, 2.24) is 24.7 Å². The summed E-state index contributed by atoms with van der Waals surface area (Å²) < 4.78 is 7.84. The molecule has 6 aromatic rings. The summed E-state index contributed by atoms with van der Waals surface area (Å²) in [5.41, 5.74) is 8.35. The molecule has 0 spiro atoms. The van der Waals surface area contributed by atoms with Gasteiger partial charge in [-0.3, -0.25) is 4.98 Å². The number of pyridine rings is 1. The van der Waals surface area contributed by atoms with E-state index in [0.717, 1.165) is 61.7 Å². The van der Waals surface area contributed by atoms with Crippen LogP contribution in [0, 0.1) is 13.8 Å². The number of aryl methyl sites for hydroxylation is 2. The van der Waals surface area contributed by atoms with Crippen LogP contribution in [-0.2, 0) is 0 Å². The molecule has 1 aliphatic rings. The highest BCUT2D eigenvalue weighted by atomic mass is 16.5. The molecule has 1 fully saturated rings. The van der Waals surface area contributed by atoms with Gasteiger partial charge >= 0.3 is 0 Å². The van der Waals surface area contributed by atoms with Gasteiger partial charge in [0, 0.05) is 52.8 Å². The lowest BCUT2D eigenvalue weighted by molar-refractivity contribution is 0.393. The minimum Gasteiger partial charge on any atom is -0.361 e. The molecule has 1 saturated carbocycles. The molecule has 0 amide bonds. The number of fused-ring (bicyclic) bond motifs is 1. The number of rotatable bonds is 6. The van der Waals surface area contributed by atoms with E-state index in [1.54, 1.807) is 0 Å². The van der Waals surface area contributed by atoms with Crippen LogP contribution in [0.1, 0.15) is 53.3 Å². The van der Waals surface area contributed by atoms with E-state index >= 15 is 0 Å². The molecule has 0 saturated heterocycles. The second-order valence-corrected chi connectivity index (χ2v) is 10.1. The van der Waals surface area contributed by atoms with Crippen LogP contribution in [0.5, 0.6) is 0 Å². The van der Waals surface area contributed by atoms with E-state index in [4.69, 9.17) is 19.5 Å². The van der Waals surface area contributed by atoms with Crippen molar-refractivity contribution in [3.8, 4) is 22.3 Å². The van der Waals surface area contributed by atoms with Crippen LogP contribution in [0.4, 0.5) is 0 Å². The van der Waals surface area contributed by atoms with Gasteiger partial charge in [0.05, 0.1) is 16.9 Å². The van der Waals surface area contributed by atoms with E-state index in [-0.39, 0.29) is 6.04 Å². The van der Waals surface area contributed by atoms with Crippen molar-refractivity contribution in [2.24, 2.45) is 0 Å². The van der Waals surface area contributed by atoms with Crippen LogP contribution in [0.25, 0.3) is 33.2 Å². The van der Waals surface area contributed by atoms with Gasteiger partial charge in [0.2, 0.25) is 0 Å². The molecule has 1 aliphatic carbocycles. The lowest BCUT2D eigenvalue weighted by Crippen LogP contribution is -2.12. The lowest BCUT2D eigenvalue weighted by Gasteiger charge is -2.21. The van der Waals surface area contributed by atoms with Crippen LogP contribution in [-0.4, -0.2) is 24.7 Å². The third kappa shape index (κ3) is 3.89. The first-order valence-corrected chi connectivity index (χ1v) is 13.0. The molecule has 4 heterocycles. The zero-order chi connectivity index (χ0) is 25.6. The Bertz CT molecular complexity index is 1670. The van der Waals surface area contributed by atoms with E-state index in [0.29, 0.717) is 5.92 Å². The molecular formula is C32H27N5O. The van der Waals surface area contributed by atoms with Gasteiger partial charge in [0.15, 0.2) is 0 Å². The van der Waals surface area contributed by atoms with Gasteiger partial charge in [-0.1, -0.05) is 53.7 Å². The van der Waals surface area contributed by atoms with Crippen molar-refractivity contribution in [2.75, 3.05) is 0 Å². The van der Waals surface area contributed by atoms with Crippen molar-refractivity contribution >= 4 is 10.9 Å². The Balaban J connectivity index is 1.48. The molecule has 0 radical (unpaired) electrons. The normalized spacial score (nSPS) is 14.2. The van der Waals surface area contributed by atoms with E-state index < -0.39 is 0 Å². The summed E-state index contributed by atoms with van der Waals surface area (Å²) in [5.74, 6) is 2.29. The predicted octanol–water partition coefficient (Wildman–Crippen LogP) is 7.28. The van der Waals surface area contributed by atoms with Crippen LogP contribution in [0.15, 0.2) is 96.0 Å². The maximum atomic E-state index is 5.50. The van der Waals surface area contributed by atoms with Crippen molar-refractivity contribution < 1.29 is 4.52 Å². The van der Waals surface area contributed by atoms with Crippen molar-refractivity contribution in [3.63, 3.8) is 0 Å². The highest BCUT2D eigenvalue weighted by Gasteiger charge is 2.27. The number of benzene rings is 2. The highest BCUT2D eigenvalue weighted by Crippen LogP contribution is 2.41. The van der Waals surface area contributed by atoms with E-state index in [1.165, 1.54) is 12.8 Å². The topological polar surface area (TPSA) is 69.6 Å². The lowest BCUT2D eigenvalue weighted by atomic mass is 10.00. The second kappa shape index (κ2) is 9.06. The first-order valence-electron chi connectivity index (χ1n) is 13.0. The molecule has 0 N–H and O–H groups in total. The Hall–Kier alpha value is -4.58. The van der Waals surface area contributed by atoms with Crippen LogP contribution in [0.2, 0.25) is 0 Å². The zero-order valence-electron chi connectivity index (χ0n) is 21.4. The number of hydrogen-bond donors (Lipinski definition) is 0. The molecule has 1 unspecified atom stereocenters. The average molecular weight is 498 g/mol. The largest absolute Gasteiger partial charge is 0.361 e. The maximum absolute atomic E-state index is 5.50. The molecule has 6 nitrogen and oxygen atoms in total. The molecule has 186 valence electrons. The summed E-state index contributed by atoms with van der Waals surface area (Å²) in [5, 5.41) is 5.34. The third-order valence-corrected chi connectivity index (χ3v) is 7.44. The van der Waals surface area contributed by atoms with Gasteiger partial charge in [-0.15, -0.1) is 0 Å². The van der Waals surface area contributed by atoms with Gasteiger partial charge in [-0.2, -0.15) is 0 Å². The van der Waals surface area contributed by atoms with Gasteiger partial charge in [0.1, 0.15) is 17.6 Å². The molecule has 7 rings (SSSR count). The standard InChI is InChI=1S/C32H27N5O/c1-20-30(21(2)38-36-20)24-13-14-26-27(25-17-34-32(35-18-25)23-11-12-23)19-37(29(26)16-24)31(22-8-4-3-5-9-22)28-10-6-7-15-33-28/h3-10,13-19,23,31H,11-12H2,1-2H3. The van der Waals surface area contributed by atoms with Crippen molar-refractivity contribution in [2.45, 2.75) is 38.6 Å². The number of aromatic nitrogens is 5. The summed E-state index contributed by atoms with van der Waals surface area (Å²) in [4.78, 5) is 14.2. The Labute approximate surface area is 221 Å². The predicted molar refractivity (Wildman–Crippen MR) is 148 cm³/mol. The van der Waals surface area contributed by atoms with E-state index in [9.17, 15) is 0 Å². The highest BCUT2D eigenvalue weighted by molar-refractivity contribution is 5.98. The fraction of sp³-hybridized carbons (Fsp3) is 0.188. The summed E-state index contributed by atoms with van der Waals surface area (Å²) in [7, 11) is 0. The summed E-state index contributed by atoms with van der Waals surface area (Å²) >= 11 is 0. The van der Waals surface area contributed by atoms with Crippen molar-refractivity contribution in [3.05, 3.63) is 120 Å². The molecule has 4 aromatic heterocycles. The second-order valence-electron chi connectivity index (χ2n) is 10.1. The molecular weight excluding hydrogens is 470 g/mol. The van der Waals surface area contributed by atoms with Crippen LogP contribution >= 0.6 is 0 Å². The fourth-order valence-electron chi connectivity index (χ4n) is 5.42. The Kier molecular flexibility index (Phi) is 5.39. The molecule has 1 atom stereocenters. The minimum absolute atomic E-state index is 0.111. The fourth-order valence-corrected chi connectivity index (χ4v) is 5.42. The summed E-state index contributed by atoms with van der Waals surface area (Å²) in [6, 6.07) is 23.1. The first-order chi connectivity index (χ1) is 18.7. The Morgan fingerprint density at radius 2 is 1.66 bits per heavy atom. The van der Waals surface area contributed by atoms with E-state index in [2.05, 4.69) is 64.5 Å². The monoisotopic (exact) mass is 497 g/mol. The first kappa shape index (κ1) is 22.6. The smallest absolute Gasteiger partial charge is 0.141 e. The molecule has 0 aliphatic heterocycles. The van der Waals surface area contributed by atoms with Crippen LogP contribution < -0.4 is 0 Å². The molecule has 6 heteroatoms. The van der Waals surface area contributed by atoms with Gasteiger partial charge in [0.25, 0.3) is 0 Å². The molecule has 0 bridgehead atoms.